The molecule has 6 rings (SSSR count). The molecule has 5 fully saturated rings. The van der Waals surface area contributed by atoms with Crippen LogP contribution in [0.4, 0.5) is 0 Å². The molecule has 34 heavy (non-hydrogen) atoms. The van der Waals surface area contributed by atoms with Gasteiger partial charge in [-0.1, -0.05) is 34.6 Å². The van der Waals surface area contributed by atoms with E-state index in [9.17, 15) is 14.4 Å². The van der Waals surface area contributed by atoms with Crippen LogP contribution in [0.3, 0.4) is 0 Å². The van der Waals surface area contributed by atoms with Crippen molar-refractivity contribution in [1.82, 2.24) is 0 Å². The molecule has 5 unspecified atom stereocenters. The summed E-state index contributed by atoms with van der Waals surface area (Å²) >= 11 is 0. The molecular formula is C28H36O6. The van der Waals surface area contributed by atoms with Crippen molar-refractivity contribution in [3.63, 3.8) is 0 Å². The van der Waals surface area contributed by atoms with Crippen molar-refractivity contribution in [2.24, 2.45) is 33.5 Å². The minimum Gasteiger partial charge on any atom is -0.472 e. The molecule has 0 N–H and O–H groups in total. The van der Waals surface area contributed by atoms with E-state index in [0.717, 1.165) is 24.8 Å². The van der Waals surface area contributed by atoms with E-state index in [1.54, 1.807) is 12.5 Å². The van der Waals surface area contributed by atoms with Gasteiger partial charge >= 0.3 is 5.97 Å². The van der Waals surface area contributed by atoms with Crippen LogP contribution in [0.25, 0.3) is 0 Å². The summed E-state index contributed by atoms with van der Waals surface area (Å²) in [5.74, 6) is 0.128. The highest BCUT2D eigenvalue weighted by molar-refractivity contribution is 5.98. The number of Topliss-reactive ketones (excluding diaryl/α,β-unsaturated/α-hetero) is 2. The van der Waals surface area contributed by atoms with E-state index in [4.69, 9.17) is 13.9 Å². The summed E-state index contributed by atoms with van der Waals surface area (Å²) in [6.45, 7) is 12.4. The second kappa shape index (κ2) is 6.43. The third-order valence-electron chi connectivity index (χ3n) is 11.5. The van der Waals surface area contributed by atoms with Crippen LogP contribution in [0, 0.1) is 33.5 Å². The molecule has 184 valence electrons. The maximum atomic E-state index is 13.7. The number of hydrogen-bond acceptors (Lipinski definition) is 6. The third kappa shape index (κ3) is 2.25. The highest BCUT2D eigenvalue weighted by atomic mass is 16.6. The lowest BCUT2D eigenvalue weighted by Gasteiger charge is -2.68. The first-order chi connectivity index (χ1) is 15.9. The molecule has 0 amide bonds. The Morgan fingerprint density at radius 1 is 1.09 bits per heavy atom. The van der Waals surface area contributed by atoms with Crippen molar-refractivity contribution in [2.45, 2.75) is 97.4 Å². The molecule has 0 aromatic carbocycles. The van der Waals surface area contributed by atoms with Crippen LogP contribution in [0.15, 0.2) is 23.0 Å². The number of fused-ring (bicyclic) bond motifs is 3. The van der Waals surface area contributed by atoms with Gasteiger partial charge in [0.1, 0.15) is 23.6 Å². The summed E-state index contributed by atoms with van der Waals surface area (Å²) in [4.78, 5) is 39.2. The van der Waals surface area contributed by atoms with Crippen LogP contribution >= 0.6 is 0 Å². The molecule has 1 aliphatic heterocycles. The third-order valence-corrected chi connectivity index (χ3v) is 11.5. The average molecular weight is 469 g/mol. The van der Waals surface area contributed by atoms with Gasteiger partial charge in [-0.15, -0.1) is 0 Å². The second-order valence-electron chi connectivity index (χ2n) is 13.0. The summed E-state index contributed by atoms with van der Waals surface area (Å²) in [6.07, 6.45) is 6.25. The first kappa shape index (κ1) is 22.5. The molecule has 1 aromatic rings. The average Bonchev–Trinajstić information content (AvgIpc) is 3.24. The maximum Gasteiger partial charge on any atom is 0.302 e. The Labute approximate surface area is 201 Å². The largest absolute Gasteiger partial charge is 0.472 e. The predicted molar refractivity (Wildman–Crippen MR) is 123 cm³/mol. The Morgan fingerprint density at radius 3 is 2.47 bits per heavy atom. The highest BCUT2D eigenvalue weighted by Gasteiger charge is 2.90. The van der Waals surface area contributed by atoms with Crippen LogP contribution in [0.2, 0.25) is 0 Å². The molecule has 1 spiro atoms. The molecule has 1 saturated heterocycles. The SMILES string of the molecule is CC(=O)O[C@@H]1CC2C(C)(C)C(=O)CC[C@]2(C)C2CCC3(C)C(c4ccoc4)C(=O)[C@H]4OC43[C@@]21C. The zero-order chi connectivity index (χ0) is 24.5. The van der Waals surface area contributed by atoms with Crippen molar-refractivity contribution in [2.75, 3.05) is 0 Å². The van der Waals surface area contributed by atoms with Crippen LogP contribution in [0.5, 0.6) is 0 Å². The molecule has 0 bridgehead atoms. The Morgan fingerprint density at radius 2 is 1.82 bits per heavy atom. The lowest BCUT2D eigenvalue weighted by Crippen LogP contribution is -2.70. The molecule has 6 heteroatoms. The predicted octanol–water partition coefficient (Wildman–Crippen LogP) is 4.85. The van der Waals surface area contributed by atoms with Crippen molar-refractivity contribution in [1.29, 1.82) is 0 Å². The normalized spacial score (nSPS) is 50.6. The number of carbonyl (C=O) groups is 3. The minimum absolute atomic E-state index is 0.0911. The first-order valence-corrected chi connectivity index (χ1v) is 12.8. The van der Waals surface area contributed by atoms with Gasteiger partial charge in [-0.05, 0) is 49.0 Å². The molecule has 0 radical (unpaired) electrons. The molecular weight excluding hydrogens is 432 g/mol. The fraction of sp³-hybridized carbons (Fsp3) is 0.750. The van der Waals surface area contributed by atoms with Gasteiger partial charge in [0.2, 0.25) is 0 Å². The van der Waals surface area contributed by atoms with Gasteiger partial charge < -0.3 is 13.9 Å². The van der Waals surface area contributed by atoms with Gasteiger partial charge in [-0.3, -0.25) is 14.4 Å². The minimum atomic E-state index is -0.679. The monoisotopic (exact) mass is 468 g/mol. The topological polar surface area (TPSA) is 86.1 Å². The van der Waals surface area contributed by atoms with Crippen molar-refractivity contribution in [3.8, 4) is 0 Å². The Hall–Kier alpha value is -1.95. The fourth-order valence-electron chi connectivity index (χ4n) is 10.0. The summed E-state index contributed by atoms with van der Waals surface area (Å²) in [7, 11) is 0. The summed E-state index contributed by atoms with van der Waals surface area (Å²) in [6, 6.07) is 1.90. The Kier molecular flexibility index (Phi) is 4.26. The van der Waals surface area contributed by atoms with E-state index in [-0.39, 0.29) is 34.9 Å². The molecule has 2 heterocycles. The van der Waals surface area contributed by atoms with E-state index in [1.807, 2.05) is 6.07 Å². The molecule has 4 saturated carbocycles. The van der Waals surface area contributed by atoms with Gasteiger partial charge in [0.15, 0.2) is 5.78 Å². The molecule has 6 nitrogen and oxygen atoms in total. The lowest BCUT2D eigenvalue weighted by atomic mass is 9.35. The van der Waals surface area contributed by atoms with Crippen LogP contribution < -0.4 is 0 Å². The van der Waals surface area contributed by atoms with Gasteiger partial charge in [0.25, 0.3) is 0 Å². The Balaban J connectivity index is 1.52. The zero-order valence-electron chi connectivity index (χ0n) is 21.1. The number of furan rings is 1. The molecule has 5 aliphatic rings. The molecule has 4 aliphatic carbocycles. The van der Waals surface area contributed by atoms with E-state index in [1.165, 1.54) is 6.92 Å². The lowest BCUT2D eigenvalue weighted by molar-refractivity contribution is -0.247. The van der Waals surface area contributed by atoms with Gasteiger partial charge in [-0.2, -0.15) is 0 Å². The van der Waals surface area contributed by atoms with Crippen LogP contribution in [-0.4, -0.2) is 35.3 Å². The second-order valence-corrected chi connectivity index (χ2v) is 13.0. The number of ether oxygens (including phenoxy) is 2. The van der Waals surface area contributed by atoms with Gasteiger partial charge in [0, 0.05) is 35.2 Å². The van der Waals surface area contributed by atoms with Crippen molar-refractivity contribution >= 4 is 17.5 Å². The summed E-state index contributed by atoms with van der Waals surface area (Å²) in [5, 5.41) is 0. The van der Waals surface area contributed by atoms with E-state index < -0.39 is 34.1 Å². The number of hydrogen-bond donors (Lipinski definition) is 0. The van der Waals surface area contributed by atoms with Crippen LogP contribution in [-0.2, 0) is 23.9 Å². The smallest absolute Gasteiger partial charge is 0.302 e. The zero-order valence-corrected chi connectivity index (χ0v) is 21.1. The highest BCUT2D eigenvalue weighted by Crippen LogP contribution is 2.81. The number of ketones is 2. The number of carbonyl (C=O) groups excluding carboxylic acids is 3. The standard InChI is InChI=1S/C28H36O6/c1-15(29)33-20-13-18-24(2,3)19(30)8-10-25(18,4)17-7-11-26(5)21(16-9-12-32-14-16)22(31)23-28(26,34-23)27(17,20)6/h9,12,14,17-18,20-21,23H,7-8,10-11,13H2,1-6H3/t17?,18?,20-,21?,23-,25-,26?,27+,28?/m1/s1. The quantitative estimate of drug-likeness (QED) is 0.455. The Bertz CT molecular complexity index is 1090. The molecule has 1 aromatic heterocycles. The van der Waals surface area contributed by atoms with Gasteiger partial charge in [0.05, 0.1) is 18.4 Å². The van der Waals surface area contributed by atoms with E-state index >= 15 is 0 Å². The van der Waals surface area contributed by atoms with E-state index in [0.29, 0.717) is 18.6 Å². The fourth-order valence-corrected chi connectivity index (χ4v) is 10.0. The number of epoxide rings is 1. The number of esters is 1. The van der Waals surface area contributed by atoms with E-state index in [2.05, 4.69) is 34.6 Å². The van der Waals surface area contributed by atoms with Crippen molar-refractivity contribution in [3.05, 3.63) is 24.2 Å². The summed E-state index contributed by atoms with van der Waals surface area (Å²) < 4.78 is 18.0. The maximum absolute atomic E-state index is 13.7. The number of rotatable bonds is 2. The first-order valence-electron chi connectivity index (χ1n) is 12.8. The van der Waals surface area contributed by atoms with Crippen LogP contribution in [0.1, 0.15) is 85.1 Å². The summed E-state index contributed by atoms with van der Waals surface area (Å²) in [5.41, 5.74) is -1.26. The van der Waals surface area contributed by atoms with Gasteiger partial charge in [-0.25, -0.2) is 0 Å². The van der Waals surface area contributed by atoms with Crippen molar-refractivity contribution < 1.29 is 28.3 Å². The molecule has 9 atom stereocenters.